The van der Waals surface area contributed by atoms with Crippen molar-refractivity contribution in [2.45, 2.75) is 37.6 Å². The van der Waals surface area contributed by atoms with E-state index in [2.05, 4.69) is 5.32 Å². The van der Waals surface area contributed by atoms with E-state index in [4.69, 9.17) is 16.3 Å². The van der Waals surface area contributed by atoms with Crippen LogP contribution < -0.4 is 10.1 Å². The number of hydrogen-bond acceptors (Lipinski definition) is 5. The quantitative estimate of drug-likeness (QED) is 0.479. The number of ether oxygens (including phenoxy) is 1. The molecule has 0 heterocycles. The van der Waals surface area contributed by atoms with Crippen molar-refractivity contribution in [2.24, 2.45) is 5.92 Å². The summed E-state index contributed by atoms with van der Waals surface area (Å²) < 4.78 is 29.0. The highest BCUT2D eigenvalue weighted by Gasteiger charge is 2.28. The molecular weight excluding hydrogens is 464 g/mol. The molecule has 9 heteroatoms. The molecule has 0 aromatic heterocycles. The van der Waals surface area contributed by atoms with Crippen molar-refractivity contribution < 1.29 is 22.7 Å². The monoisotopic (exact) mass is 494 g/mol. The number of sulfone groups is 1. The molecule has 0 aliphatic rings. The van der Waals surface area contributed by atoms with Gasteiger partial charge in [-0.05, 0) is 54.8 Å². The van der Waals surface area contributed by atoms with Crippen LogP contribution in [0, 0.1) is 5.92 Å². The fourth-order valence-electron chi connectivity index (χ4n) is 3.14. The van der Waals surface area contributed by atoms with Crippen LogP contribution in [0.1, 0.15) is 37.0 Å². The highest BCUT2D eigenvalue weighted by atomic mass is 35.5. The second-order valence-electron chi connectivity index (χ2n) is 8.05. The van der Waals surface area contributed by atoms with Gasteiger partial charge in [-0.3, -0.25) is 9.59 Å². The summed E-state index contributed by atoms with van der Waals surface area (Å²) in [7, 11) is -1.62. The first-order valence-electron chi connectivity index (χ1n) is 10.8. The van der Waals surface area contributed by atoms with E-state index >= 15 is 0 Å². The maximum absolute atomic E-state index is 13.1. The molecule has 2 rings (SSSR count). The lowest BCUT2D eigenvalue weighted by atomic mass is 9.97. The van der Waals surface area contributed by atoms with Gasteiger partial charge in [0.25, 0.3) is 5.91 Å². The Labute approximate surface area is 201 Å². The molecule has 2 amide bonds. The van der Waals surface area contributed by atoms with Crippen LogP contribution in [0.15, 0.2) is 53.4 Å². The summed E-state index contributed by atoms with van der Waals surface area (Å²) >= 11 is 5.88. The smallest absolute Gasteiger partial charge is 0.251 e. The van der Waals surface area contributed by atoms with Gasteiger partial charge in [-0.15, -0.1) is 0 Å². The van der Waals surface area contributed by atoms with Gasteiger partial charge < -0.3 is 15.0 Å². The zero-order chi connectivity index (χ0) is 24.6. The molecular formula is C24H31ClN2O5S. The lowest BCUT2D eigenvalue weighted by molar-refractivity contribution is -0.133. The number of likely N-dealkylation sites (N-methyl/N-ethyl adjacent to an activating group) is 1. The molecule has 2 atom stereocenters. The Morgan fingerprint density at radius 3 is 2.42 bits per heavy atom. The number of nitrogens with zero attached hydrogens (tertiary/aromatic N) is 1. The minimum Gasteiger partial charge on any atom is -0.493 e. The van der Waals surface area contributed by atoms with Gasteiger partial charge in [0, 0.05) is 30.4 Å². The zero-order valence-electron chi connectivity index (χ0n) is 19.4. The summed E-state index contributed by atoms with van der Waals surface area (Å²) in [5.41, 5.74) is 0.438. The van der Waals surface area contributed by atoms with E-state index in [1.807, 2.05) is 13.8 Å². The molecule has 0 bridgehead atoms. The van der Waals surface area contributed by atoms with Gasteiger partial charge in [-0.2, -0.15) is 0 Å². The Kier molecular flexibility index (Phi) is 9.73. The number of benzene rings is 2. The van der Waals surface area contributed by atoms with Crippen LogP contribution in [0.25, 0.3) is 0 Å². The van der Waals surface area contributed by atoms with E-state index < -0.39 is 15.9 Å². The summed E-state index contributed by atoms with van der Waals surface area (Å²) in [6.45, 7) is 4.64. The maximum atomic E-state index is 13.1. The Hall–Kier alpha value is -2.58. The van der Waals surface area contributed by atoms with E-state index in [0.29, 0.717) is 35.9 Å². The summed E-state index contributed by atoms with van der Waals surface area (Å²) in [5.74, 6) is -0.0932. The van der Waals surface area contributed by atoms with Gasteiger partial charge in [0.2, 0.25) is 5.91 Å². The molecule has 0 aliphatic heterocycles. The van der Waals surface area contributed by atoms with Gasteiger partial charge in [0.1, 0.15) is 11.8 Å². The normalized spacial score (nSPS) is 13.1. The third-order valence-corrected chi connectivity index (χ3v) is 6.75. The first-order chi connectivity index (χ1) is 15.5. The first-order valence-corrected chi connectivity index (χ1v) is 13.0. The number of carbonyl (C=O) groups excluding carboxylic acids is 2. The Bertz CT molecular complexity index is 1060. The highest BCUT2D eigenvalue weighted by Crippen LogP contribution is 2.18. The minimum atomic E-state index is -3.31. The van der Waals surface area contributed by atoms with Gasteiger partial charge >= 0.3 is 0 Å². The molecule has 0 saturated carbocycles. The van der Waals surface area contributed by atoms with E-state index in [1.165, 1.54) is 12.1 Å². The maximum Gasteiger partial charge on any atom is 0.251 e. The standard InChI is InChI=1S/C24H31ClN2O5S/c1-5-17(2)22(26-23(28)18-10-12-19(25)13-11-18)24(29)27(3)14-7-15-32-20-8-6-9-21(16-20)33(4,30)31/h6,8-13,16-17,22H,5,7,14-15H2,1-4H3,(H,26,28). The summed E-state index contributed by atoms with van der Waals surface area (Å²) in [5, 5.41) is 3.39. The average molecular weight is 495 g/mol. The van der Waals surface area contributed by atoms with Crippen LogP contribution in [0.2, 0.25) is 5.02 Å². The first kappa shape index (κ1) is 26.7. The predicted molar refractivity (Wildman–Crippen MR) is 129 cm³/mol. The average Bonchev–Trinajstić information content (AvgIpc) is 2.79. The third kappa shape index (κ3) is 8.05. The lowest BCUT2D eigenvalue weighted by Crippen LogP contribution is -2.51. The topological polar surface area (TPSA) is 92.8 Å². The minimum absolute atomic E-state index is 0.0498. The van der Waals surface area contributed by atoms with Crippen molar-refractivity contribution in [1.29, 1.82) is 0 Å². The fourth-order valence-corrected chi connectivity index (χ4v) is 3.92. The van der Waals surface area contributed by atoms with Gasteiger partial charge in [0.15, 0.2) is 9.84 Å². The van der Waals surface area contributed by atoms with Crippen molar-refractivity contribution in [3.05, 3.63) is 59.1 Å². The van der Waals surface area contributed by atoms with Gasteiger partial charge in [-0.1, -0.05) is 37.9 Å². The molecule has 1 N–H and O–H groups in total. The van der Waals surface area contributed by atoms with Crippen LogP contribution in [0.5, 0.6) is 5.75 Å². The number of carbonyl (C=O) groups is 2. The largest absolute Gasteiger partial charge is 0.493 e. The number of amides is 2. The van der Waals surface area contributed by atoms with Gasteiger partial charge in [0.05, 0.1) is 11.5 Å². The van der Waals surface area contributed by atoms with Crippen LogP contribution in [-0.4, -0.2) is 57.6 Å². The Morgan fingerprint density at radius 1 is 1.15 bits per heavy atom. The summed E-state index contributed by atoms with van der Waals surface area (Å²) in [4.78, 5) is 27.5. The Balaban J connectivity index is 1.93. The van der Waals surface area contributed by atoms with Crippen LogP contribution in [-0.2, 0) is 14.6 Å². The molecule has 2 unspecified atom stereocenters. The molecule has 33 heavy (non-hydrogen) atoms. The molecule has 0 fully saturated rings. The van der Waals surface area contributed by atoms with Crippen LogP contribution in [0.3, 0.4) is 0 Å². The Morgan fingerprint density at radius 2 is 1.82 bits per heavy atom. The van der Waals surface area contributed by atoms with E-state index in [-0.39, 0.29) is 22.6 Å². The molecule has 0 radical (unpaired) electrons. The van der Waals surface area contributed by atoms with Crippen LogP contribution >= 0.6 is 11.6 Å². The van der Waals surface area contributed by atoms with Crippen LogP contribution in [0.4, 0.5) is 0 Å². The summed E-state index contributed by atoms with van der Waals surface area (Å²) in [6.07, 6.45) is 2.42. The van der Waals surface area contributed by atoms with E-state index in [0.717, 1.165) is 12.7 Å². The van der Waals surface area contributed by atoms with Crippen molar-refractivity contribution in [1.82, 2.24) is 10.2 Å². The van der Waals surface area contributed by atoms with Crippen molar-refractivity contribution in [3.8, 4) is 5.75 Å². The van der Waals surface area contributed by atoms with Gasteiger partial charge in [-0.25, -0.2) is 8.42 Å². The molecule has 0 saturated heterocycles. The zero-order valence-corrected chi connectivity index (χ0v) is 20.9. The van der Waals surface area contributed by atoms with E-state index in [1.54, 1.807) is 48.3 Å². The third-order valence-electron chi connectivity index (χ3n) is 5.39. The van der Waals surface area contributed by atoms with Crippen molar-refractivity contribution in [2.75, 3.05) is 26.5 Å². The van der Waals surface area contributed by atoms with Crippen molar-refractivity contribution in [3.63, 3.8) is 0 Å². The number of hydrogen-bond donors (Lipinski definition) is 1. The molecule has 2 aromatic carbocycles. The molecule has 2 aromatic rings. The number of rotatable bonds is 11. The van der Waals surface area contributed by atoms with E-state index in [9.17, 15) is 18.0 Å². The number of halogens is 1. The molecule has 7 nitrogen and oxygen atoms in total. The highest BCUT2D eigenvalue weighted by molar-refractivity contribution is 7.90. The molecule has 0 aliphatic carbocycles. The van der Waals surface area contributed by atoms with Crippen molar-refractivity contribution >= 4 is 33.3 Å². The molecule has 0 spiro atoms. The molecule has 180 valence electrons. The lowest BCUT2D eigenvalue weighted by Gasteiger charge is -2.28. The second kappa shape index (κ2) is 12.0. The predicted octanol–water partition coefficient (Wildman–Crippen LogP) is 3.82. The SMILES string of the molecule is CCC(C)C(NC(=O)c1ccc(Cl)cc1)C(=O)N(C)CCCOc1cccc(S(C)(=O)=O)c1. The second-order valence-corrected chi connectivity index (χ2v) is 10.5. The fraction of sp³-hybridized carbons (Fsp3) is 0.417. The summed E-state index contributed by atoms with van der Waals surface area (Å²) in [6, 6.07) is 12.2. The number of nitrogens with one attached hydrogen (secondary N) is 1.